The standard InChI is InChI=1S/C15H19N3O2/c1-2-13(11-19)18(10-12-5-3-7-16-9-12)15(20)14-6-4-8-17-14/h3-9,13,17,19H,2,10-11H2,1H3/t13-/m0/s1. The highest BCUT2D eigenvalue weighted by Crippen LogP contribution is 2.14. The molecule has 2 aromatic rings. The smallest absolute Gasteiger partial charge is 0.270 e. The van der Waals surface area contributed by atoms with Gasteiger partial charge in [-0.15, -0.1) is 0 Å². The van der Waals surface area contributed by atoms with Crippen molar-refractivity contribution in [2.45, 2.75) is 25.9 Å². The Morgan fingerprint density at radius 3 is 2.85 bits per heavy atom. The number of rotatable bonds is 6. The first-order valence-electron chi connectivity index (χ1n) is 6.70. The quantitative estimate of drug-likeness (QED) is 0.843. The van der Waals surface area contributed by atoms with Crippen LogP contribution in [-0.4, -0.2) is 38.5 Å². The van der Waals surface area contributed by atoms with E-state index in [9.17, 15) is 9.90 Å². The monoisotopic (exact) mass is 273 g/mol. The van der Waals surface area contributed by atoms with Gasteiger partial charge >= 0.3 is 0 Å². The fourth-order valence-corrected chi connectivity index (χ4v) is 2.12. The molecule has 0 bridgehead atoms. The lowest BCUT2D eigenvalue weighted by molar-refractivity contribution is 0.0558. The molecular formula is C15H19N3O2. The molecule has 5 nitrogen and oxygen atoms in total. The third-order valence-corrected chi connectivity index (χ3v) is 3.29. The van der Waals surface area contributed by atoms with Crippen molar-refractivity contribution >= 4 is 5.91 Å². The third-order valence-electron chi connectivity index (χ3n) is 3.29. The molecule has 0 unspecified atom stereocenters. The van der Waals surface area contributed by atoms with Crippen LogP contribution in [0, 0.1) is 0 Å². The molecule has 0 saturated carbocycles. The van der Waals surface area contributed by atoms with Crippen LogP contribution < -0.4 is 0 Å². The van der Waals surface area contributed by atoms with E-state index in [1.807, 2.05) is 19.1 Å². The summed E-state index contributed by atoms with van der Waals surface area (Å²) in [4.78, 5) is 21.2. The first kappa shape index (κ1) is 14.3. The number of pyridine rings is 1. The van der Waals surface area contributed by atoms with Crippen molar-refractivity contribution in [3.63, 3.8) is 0 Å². The highest BCUT2D eigenvalue weighted by molar-refractivity contribution is 5.92. The molecule has 0 fully saturated rings. The summed E-state index contributed by atoms with van der Waals surface area (Å²) in [5.41, 5.74) is 1.47. The van der Waals surface area contributed by atoms with Crippen molar-refractivity contribution < 1.29 is 9.90 Å². The van der Waals surface area contributed by atoms with E-state index in [0.29, 0.717) is 18.7 Å². The van der Waals surface area contributed by atoms with Gasteiger partial charge in [-0.25, -0.2) is 0 Å². The lowest BCUT2D eigenvalue weighted by Gasteiger charge is -2.29. The van der Waals surface area contributed by atoms with E-state index in [1.54, 1.807) is 35.6 Å². The number of H-pyrrole nitrogens is 1. The zero-order chi connectivity index (χ0) is 14.4. The van der Waals surface area contributed by atoms with Crippen molar-refractivity contribution in [3.8, 4) is 0 Å². The average molecular weight is 273 g/mol. The zero-order valence-corrected chi connectivity index (χ0v) is 11.5. The van der Waals surface area contributed by atoms with Crippen LogP contribution in [0.25, 0.3) is 0 Å². The summed E-state index contributed by atoms with van der Waals surface area (Å²) < 4.78 is 0. The van der Waals surface area contributed by atoms with Crippen molar-refractivity contribution in [1.29, 1.82) is 0 Å². The molecule has 1 atom stereocenters. The Labute approximate surface area is 118 Å². The van der Waals surface area contributed by atoms with E-state index >= 15 is 0 Å². The van der Waals surface area contributed by atoms with Gasteiger partial charge in [-0.05, 0) is 30.2 Å². The summed E-state index contributed by atoms with van der Waals surface area (Å²) in [6, 6.07) is 7.09. The summed E-state index contributed by atoms with van der Waals surface area (Å²) >= 11 is 0. The lowest BCUT2D eigenvalue weighted by Crippen LogP contribution is -2.41. The predicted molar refractivity (Wildman–Crippen MR) is 76.1 cm³/mol. The van der Waals surface area contributed by atoms with Gasteiger partial charge in [-0.3, -0.25) is 9.78 Å². The molecule has 0 saturated heterocycles. The molecule has 1 amide bonds. The third kappa shape index (κ3) is 3.24. The summed E-state index contributed by atoms with van der Waals surface area (Å²) in [6.07, 6.45) is 5.85. The summed E-state index contributed by atoms with van der Waals surface area (Å²) in [7, 11) is 0. The molecule has 2 N–H and O–H groups in total. The lowest BCUT2D eigenvalue weighted by atomic mass is 10.1. The Kier molecular flexibility index (Phi) is 4.90. The van der Waals surface area contributed by atoms with Crippen LogP contribution in [-0.2, 0) is 6.54 Å². The first-order valence-corrected chi connectivity index (χ1v) is 6.70. The molecular weight excluding hydrogens is 254 g/mol. The van der Waals surface area contributed by atoms with Gasteiger partial charge < -0.3 is 15.0 Å². The number of aromatic amines is 1. The number of nitrogens with zero attached hydrogens (tertiary/aromatic N) is 2. The molecule has 0 aromatic carbocycles. The summed E-state index contributed by atoms with van der Waals surface area (Å²) in [5, 5.41) is 9.50. The molecule has 20 heavy (non-hydrogen) atoms. The van der Waals surface area contributed by atoms with Crippen LogP contribution in [0.5, 0.6) is 0 Å². The normalized spacial score (nSPS) is 12.1. The van der Waals surface area contributed by atoms with E-state index in [2.05, 4.69) is 9.97 Å². The Balaban J connectivity index is 2.23. The number of amides is 1. The first-order chi connectivity index (χ1) is 9.76. The number of nitrogens with one attached hydrogen (secondary N) is 1. The fraction of sp³-hybridized carbons (Fsp3) is 0.333. The molecule has 2 rings (SSSR count). The minimum absolute atomic E-state index is 0.0524. The van der Waals surface area contributed by atoms with E-state index < -0.39 is 0 Å². The van der Waals surface area contributed by atoms with Crippen molar-refractivity contribution in [3.05, 3.63) is 54.1 Å². The minimum Gasteiger partial charge on any atom is -0.394 e. The maximum Gasteiger partial charge on any atom is 0.270 e. The minimum atomic E-state index is -0.203. The van der Waals surface area contributed by atoms with Crippen molar-refractivity contribution in [2.24, 2.45) is 0 Å². The number of aromatic nitrogens is 2. The number of carbonyl (C=O) groups is 1. The second kappa shape index (κ2) is 6.86. The second-order valence-electron chi connectivity index (χ2n) is 4.62. The fourth-order valence-electron chi connectivity index (χ4n) is 2.12. The maximum atomic E-state index is 12.5. The summed E-state index contributed by atoms with van der Waals surface area (Å²) in [6.45, 7) is 2.34. The van der Waals surface area contributed by atoms with Crippen LogP contribution in [0.1, 0.15) is 29.4 Å². The van der Waals surface area contributed by atoms with E-state index in [-0.39, 0.29) is 18.6 Å². The Bertz CT molecular complexity index is 521. The van der Waals surface area contributed by atoms with Gasteiger partial charge in [0.2, 0.25) is 0 Å². The van der Waals surface area contributed by atoms with Gasteiger partial charge in [-0.2, -0.15) is 0 Å². The highest BCUT2D eigenvalue weighted by Gasteiger charge is 2.23. The largest absolute Gasteiger partial charge is 0.394 e. The van der Waals surface area contributed by atoms with Gasteiger partial charge in [0, 0.05) is 25.1 Å². The van der Waals surface area contributed by atoms with E-state index in [1.165, 1.54) is 0 Å². The molecule has 0 radical (unpaired) electrons. The van der Waals surface area contributed by atoms with Crippen LogP contribution in [0.3, 0.4) is 0 Å². The van der Waals surface area contributed by atoms with Crippen molar-refractivity contribution in [2.75, 3.05) is 6.61 Å². The number of aliphatic hydroxyl groups excluding tert-OH is 1. The Morgan fingerprint density at radius 2 is 2.30 bits per heavy atom. The van der Waals surface area contributed by atoms with Gasteiger partial charge in [0.15, 0.2) is 0 Å². The molecule has 2 aromatic heterocycles. The molecule has 0 aliphatic rings. The second-order valence-corrected chi connectivity index (χ2v) is 4.62. The van der Waals surface area contributed by atoms with Gasteiger partial charge in [0.05, 0.1) is 12.6 Å². The SMILES string of the molecule is CC[C@@H](CO)N(Cc1cccnc1)C(=O)c1ccc[nH]1. The van der Waals surface area contributed by atoms with Gasteiger partial charge in [0.25, 0.3) is 5.91 Å². The maximum absolute atomic E-state index is 12.5. The van der Waals surface area contributed by atoms with Crippen molar-refractivity contribution in [1.82, 2.24) is 14.9 Å². The number of hydrogen-bond acceptors (Lipinski definition) is 3. The summed E-state index contributed by atoms with van der Waals surface area (Å²) in [5.74, 6) is -0.111. The topological polar surface area (TPSA) is 69.2 Å². The molecule has 0 spiro atoms. The number of aliphatic hydroxyl groups is 1. The van der Waals surface area contributed by atoms with Gasteiger partial charge in [-0.1, -0.05) is 13.0 Å². The number of hydrogen-bond donors (Lipinski definition) is 2. The molecule has 0 aliphatic heterocycles. The van der Waals surface area contributed by atoms with E-state index in [0.717, 1.165) is 5.56 Å². The molecule has 2 heterocycles. The molecule has 106 valence electrons. The predicted octanol–water partition coefficient (Wildman–Crippen LogP) is 1.82. The Morgan fingerprint density at radius 1 is 1.45 bits per heavy atom. The zero-order valence-electron chi connectivity index (χ0n) is 11.5. The van der Waals surface area contributed by atoms with E-state index in [4.69, 9.17) is 0 Å². The highest BCUT2D eigenvalue weighted by atomic mass is 16.3. The van der Waals surface area contributed by atoms with Crippen LogP contribution in [0.15, 0.2) is 42.9 Å². The van der Waals surface area contributed by atoms with Crippen LogP contribution in [0.2, 0.25) is 0 Å². The van der Waals surface area contributed by atoms with Crippen LogP contribution in [0.4, 0.5) is 0 Å². The average Bonchev–Trinajstić information content (AvgIpc) is 3.02. The molecule has 0 aliphatic carbocycles. The Hall–Kier alpha value is -2.14. The van der Waals surface area contributed by atoms with Gasteiger partial charge in [0.1, 0.15) is 5.69 Å². The van der Waals surface area contributed by atoms with Crippen LogP contribution >= 0.6 is 0 Å². The number of carbonyl (C=O) groups excluding carboxylic acids is 1. The molecule has 5 heteroatoms.